The standard InChI is InChI=1S/C16H26N4O6S3/c1-17-6-8-19(9-7-17)29(25,26)20-12-10-18(11-13-20)28(23,24)16-5-3-4-15(14-16)27(2,21)22/h3-5,14H,6-13H2,1-2H3. The van der Waals surface area contributed by atoms with Crippen molar-refractivity contribution in [2.75, 3.05) is 65.7 Å². The first-order valence-corrected chi connectivity index (χ1v) is 13.9. The van der Waals surface area contributed by atoms with Crippen molar-refractivity contribution in [3.63, 3.8) is 0 Å². The van der Waals surface area contributed by atoms with E-state index in [1.54, 1.807) is 0 Å². The Morgan fingerprint density at radius 2 is 1.14 bits per heavy atom. The third-order valence-electron chi connectivity index (χ3n) is 5.18. The molecule has 0 unspecified atom stereocenters. The van der Waals surface area contributed by atoms with Gasteiger partial charge in [0.15, 0.2) is 9.84 Å². The van der Waals surface area contributed by atoms with E-state index in [0.717, 1.165) is 12.3 Å². The number of benzene rings is 1. The molecule has 2 fully saturated rings. The minimum Gasteiger partial charge on any atom is -0.304 e. The Morgan fingerprint density at radius 3 is 1.66 bits per heavy atom. The van der Waals surface area contributed by atoms with Crippen molar-refractivity contribution in [1.29, 1.82) is 0 Å². The average Bonchev–Trinajstić information content (AvgIpc) is 2.68. The summed E-state index contributed by atoms with van der Waals surface area (Å²) in [7, 11) is -9.15. The van der Waals surface area contributed by atoms with E-state index in [1.807, 2.05) is 7.05 Å². The molecule has 0 saturated carbocycles. The van der Waals surface area contributed by atoms with E-state index in [-0.39, 0.29) is 36.0 Å². The highest BCUT2D eigenvalue weighted by Crippen LogP contribution is 2.22. The second-order valence-corrected chi connectivity index (χ2v) is 13.1. The Balaban J connectivity index is 1.72. The van der Waals surface area contributed by atoms with Crippen molar-refractivity contribution in [1.82, 2.24) is 17.8 Å². The molecule has 0 atom stereocenters. The van der Waals surface area contributed by atoms with Gasteiger partial charge in [-0.05, 0) is 25.2 Å². The van der Waals surface area contributed by atoms with Crippen molar-refractivity contribution in [3.05, 3.63) is 24.3 Å². The zero-order valence-electron chi connectivity index (χ0n) is 16.4. The molecule has 3 rings (SSSR count). The number of sulfone groups is 1. The molecular formula is C16H26N4O6S3. The minimum atomic E-state index is -3.92. The van der Waals surface area contributed by atoms with Gasteiger partial charge in [0.1, 0.15) is 0 Å². The van der Waals surface area contributed by atoms with E-state index >= 15 is 0 Å². The van der Waals surface area contributed by atoms with Gasteiger partial charge in [-0.3, -0.25) is 0 Å². The van der Waals surface area contributed by atoms with E-state index in [1.165, 1.54) is 31.1 Å². The predicted molar refractivity (Wildman–Crippen MR) is 108 cm³/mol. The fourth-order valence-corrected chi connectivity index (χ4v) is 7.12. The third-order valence-corrected chi connectivity index (χ3v) is 10.2. The average molecular weight is 467 g/mol. The lowest BCUT2D eigenvalue weighted by molar-refractivity contribution is 0.201. The Kier molecular flexibility index (Phi) is 6.40. The maximum Gasteiger partial charge on any atom is 0.282 e. The summed E-state index contributed by atoms with van der Waals surface area (Å²) in [5.41, 5.74) is 0. The molecule has 0 aromatic heterocycles. The van der Waals surface area contributed by atoms with Crippen molar-refractivity contribution >= 4 is 30.1 Å². The SMILES string of the molecule is CN1CCN(S(=O)(=O)N2CCN(S(=O)(=O)c3cccc(S(C)(=O)=O)c3)CC2)CC1. The van der Waals surface area contributed by atoms with Gasteiger partial charge in [0, 0.05) is 58.6 Å². The second-order valence-electron chi connectivity index (χ2n) is 7.26. The lowest BCUT2D eigenvalue weighted by Crippen LogP contribution is -2.57. The Bertz CT molecular complexity index is 1060. The molecule has 0 aliphatic carbocycles. The summed E-state index contributed by atoms with van der Waals surface area (Å²) in [4.78, 5) is 1.87. The first-order chi connectivity index (χ1) is 13.4. The molecule has 1 aromatic rings. The van der Waals surface area contributed by atoms with E-state index in [4.69, 9.17) is 0 Å². The molecule has 0 amide bonds. The molecule has 13 heteroatoms. The largest absolute Gasteiger partial charge is 0.304 e. The highest BCUT2D eigenvalue weighted by atomic mass is 32.2. The normalized spacial score (nSPS) is 22.0. The monoisotopic (exact) mass is 466 g/mol. The number of piperazine rings is 2. The Hall–Kier alpha value is -1.09. The molecule has 0 spiro atoms. The van der Waals surface area contributed by atoms with Crippen LogP contribution in [0.3, 0.4) is 0 Å². The highest BCUT2D eigenvalue weighted by molar-refractivity contribution is 7.91. The van der Waals surface area contributed by atoms with Crippen molar-refractivity contribution in [3.8, 4) is 0 Å². The van der Waals surface area contributed by atoms with E-state index in [9.17, 15) is 25.3 Å². The molecule has 2 aliphatic heterocycles. The molecule has 10 nitrogen and oxygen atoms in total. The Labute approximate surface area is 172 Å². The molecule has 2 heterocycles. The zero-order valence-corrected chi connectivity index (χ0v) is 18.9. The molecule has 29 heavy (non-hydrogen) atoms. The predicted octanol–water partition coefficient (Wildman–Crippen LogP) is -1.11. The van der Waals surface area contributed by atoms with Crippen LogP contribution in [0.25, 0.3) is 0 Å². The molecule has 0 bridgehead atoms. The summed E-state index contributed by atoms with van der Waals surface area (Å²) in [5, 5.41) is 0. The van der Waals surface area contributed by atoms with Gasteiger partial charge < -0.3 is 4.90 Å². The van der Waals surface area contributed by atoms with Crippen molar-refractivity contribution in [2.24, 2.45) is 0 Å². The molecule has 164 valence electrons. The summed E-state index contributed by atoms with van der Waals surface area (Å²) in [6.45, 7) is 2.27. The van der Waals surface area contributed by atoms with Gasteiger partial charge in [0.05, 0.1) is 9.79 Å². The van der Waals surface area contributed by atoms with Crippen LogP contribution in [0.1, 0.15) is 0 Å². The quantitative estimate of drug-likeness (QED) is 0.540. The summed E-state index contributed by atoms with van der Waals surface area (Å²) >= 11 is 0. The van der Waals surface area contributed by atoms with Gasteiger partial charge in [0.25, 0.3) is 10.2 Å². The van der Waals surface area contributed by atoms with Gasteiger partial charge in [0.2, 0.25) is 10.0 Å². The number of rotatable bonds is 5. The van der Waals surface area contributed by atoms with Crippen LogP contribution in [0.2, 0.25) is 0 Å². The maximum atomic E-state index is 12.9. The first-order valence-electron chi connectivity index (χ1n) is 9.16. The number of hydrogen-bond acceptors (Lipinski definition) is 7. The van der Waals surface area contributed by atoms with Gasteiger partial charge in [-0.25, -0.2) is 16.8 Å². The van der Waals surface area contributed by atoms with Crippen LogP contribution in [-0.2, 0) is 30.1 Å². The number of likely N-dealkylation sites (N-methyl/N-ethyl adjacent to an activating group) is 1. The van der Waals surface area contributed by atoms with E-state index in [2.05, 4.69) is 4.90 Å². The van der Waals surface area contributed by atoms with Crippen LogP contribution in [0.15, 0.2) is 34.1 Å². The van der Waals surface area contributed by atoms with Crippen LogP contribution in [0, 0.1) is 0 Å². The lowest BCUT2D eigenvalue weighted by Gasteiger charge is -2.38. The molecule has 1 aromatic carbocycles. The fourth-order valence-electron chi connectivity index (χ4n) is 3.34. The second kappa shape index (κ2) is 8.21. The van der Waals surface area contributed by atoms with Gasteiger partial charge >= 0.3 is 0 Å². The summed E-state index contributed by atoms with van der Waals surface area (Å²) in [5.74, 6) is 0. The minimum absolute atomic E-state index is 0.0123. The van der Waals surface area contributed by atoms with Crippen molar-refractivity contribution < 1.29 is 25.3 Å². The summed E-state index contributed by atoms with van der Waals surface area (Å²) in [6.07, 6.45) is 1.01. The number of sulfonamides is 1. The molecule has 0 radical (unpaired) electrons. The van der Waals surface area contributed by atoms with Crippen LogP contribution in [0.4, 0.5) is 0 Å². The van der Waals surface area contributed by atoms with Crippen LogP contribution >= 0.6 is 0 Å². The molecular weight excluding hydrogens is 440 g/mol. The van der Waals surface area contributed by atoms with Crippen LogP contribution in [-0.4, -0.2) is 109 Å². The topological polar surface area (TPSA) is 115 Å². The molecule has 0 N–H and O–H groups in total. The van der Waals surface area contributed by atoms with E-state index < -0.39 is 30.1 Å². The van der Waals surface area contributed by atoms with Crippen molar-refractivity contribution in [2.45, 2.75) is 9.79 Å². The maximum absolute atomic E-state index is 12.9. The van der Waals surface area contributed by atoms with Gasteiger partial charge in [-0.15, -0.1) is 0 Å². The highest BCUT2D eigenvalue weighted by Gasteiger charge is 2.36. The first kappa shape index (κ1) is 22.6. The third kappa shape index (κ3) is 4.81. The lowest BCUT2D eigenvalue weighted by atomic mass is 10.4. The van der Waals surface area contributed by atoms with E-state index in [0.29, 0.717) is 26.2 Å². The summed E-state index contributed by atoms with van der Waals surface area (Å²) in [6, 6.07) is 5.21. The van der Waals surface area contributed by atoms with Crippen LogP contribution < -0.4 is 0 Å². The smallest absolute Gasteiger partial charge is 0.282 e. The molecule has 2 saturated heterocycles. The summed E-state index contributed by atoms with van der Waals surface area (Å²) < 4.78 is 78.9. The zero-order chi connectivity index (χ0) is 21.4. The number of hydrogen-bond donors (Lipinski definition) is 0. The Morgan fingerprint density at radius 1 is 0.690 bits per heavy atom. The fraction of sp³-hybridized carbons (Fsp3) is 0.625. The van der Waals surface area contributed by atoms with Gasteiger partial charge in [-0.1, -0.05) is 6.07 Å². The molecule has 2 aliphatic rings. The number of nitrogens with zero attached hydrogens (tertiary/aromatic N) is 4. The van der Waals surface area contributed by atoms with Crippen LogP contribution in [0.5, 0.6) is 0 Å². The van der Waals surface area contributed by atoms with Gasteiger partial charge in [-0.2, -0.15) is 21.3 Å².